The van der Waals surface area contributed by atoms with Gasteiger partial charge in [-0.05, 0) is 47.6 Å². The van der Waals surface area contributed by atoms with Crippen LogP contribution < -0.4 is 0 Å². The van der Waals surface area contributed by atoms with Gasteiger partial charge in [0, 0.05) is 0 Å². The number of benzene rings is 2. The normalized spacial score (nSPS) is 11.2. The molecule has 0 unspecified atom stereocenters. The molecule has 2 aromatic rings. The van der Waals surface area contributed by atoms with E-state index >= 15 is 0 Å². The summed E-state index contributed by atoms with van der Waals surface area (Å²) in [6, 6.07) is 11.0. The van der Waals surface area contributed by atoms with Crippen LogP contribution in [0, 0.1) is 11.8 Å². The van der Waals surface area contributed by atoms with Crippen molar-refractivity contribution in [3.05, 3.63) is 47.5 Å². The Morgan fingerprint density at radius 2 is 1.15 bits per heavy atom. The minimum atomic E-state index is -0.479. The van der Waals surface area contributed by atoms with Gasteiger partial charge in [-0.15, -0.1) is 0 Å². The van der Waals surface area contributed by atoms with Crippen LogP contribution in [0.1, 0.15) is 61.3 Å². The maximum Gasteiger partial charge on any atom is 0.339 e. The minimum absolute atomic E-state index is 0.266. The molecule has 2 aromatic carbocycles. The van der Waals surface area contributed by atoms with E-state index < -0.39 is 11.9 Å². The molecular formula is C22H28O4. The van der Waals surface area contributed by atoms with E-state index in [4.69, 9.17) is 9.47 Å². The van der Waals surface area contributed by atoms with Crippen LogP contribution in [0.2, 0.25) is 0 Å². The largest absolute Gasteiger partial charge is 0.462 e. The summed E-state index contributed by atoms with van der Waals surface area (Å²) in [6.45, 7) is 8.96. The van der Waals surface area contributed by atoms with Gasteiger partial charge in [-0.3, -0.25) is 0 Å². The van der Waals surface area contributed by atoms with Gasteiger partial charge in [0.2, 0.25) is 0 Å². The molecule has 0 spiro atoms. The van der Waals surface area contributed by atoms with Crippen molar-refractivity contribution < 1.29 is 19.1 Å². The van der Waals surface area contributed by atoms with E-state index in [-0.39, 0.29) is 11.1 Å². The van der Waals surface area contributed by atoms with Crippen molar-refractivity contribution in [3.63, 3.8) is 0 Å². The topological polar surface area (TPSA) is 52.6 Å². The number of carbonyl (C=O) groups excluding carboxylic acids is 2. The van der Waals surface area contributed by atoms with Gasteiger partial charge < -0.3 is 9.47 Å². The van der Waals surface area contributed by atoms with Gasteiger partial charge in [-0.2, -0.15) is 0 Å². The monoisotopic (exact) mass is 356 g/mol. The zero-order valence-electron chi connectivity index (χ0n) is 16.1. The average molecular weight is 356 g/mol. The number of esters is 2. The molecule has 0 saturated carbocycles. The molecule has 4 nitrogen and oxygen atoms in total. The van der Waals surface area contributed by atoms with Crippen LogP contribution >= 0.6 is 0 Å². The Labute approximate surface area is 155 Å². The summed E-state index contributed by atoms with van der Waals surface area (Å²) in [4.78, 5) is 25.1. The van der Waals surface area contributed by atoms with Gasteiger partial charge in [-0.25, -0.2) is 9.59 Å². The predicted octanol–water partition coefficient (Wildman–Crippen LogP) is 5.25. The summed E-state index contributed by atoms with van der Waals surface area (Å²) >= 11 is 0. The first-order valence-electron chi connectivity index (χ1n) is 9.25. The van der Waals surface area contributed by atoms with Crippen molar-refractivity contribution in [2.45, 2.75) is 40.5 Å². The van der Waals surface area contributed by atoms with Crippen LogP contribution in [-0.2, 0) is 9.47 Å². The van der Waals surface area contributed by atoms with Crippen molar-refractivity contribution in [1.29, 1.82) is 0 Å². The Morgan fingerprint density at radius 1 is 0.769 bits per heavy atom. The Balaban J connectivity index is 2.26. The quantitative estimate of drug-likeness (QED) is 0.607. The van der Waals surface area contributed by atoms with Crippen molar-refractivity contribution in [2.24, 2.45) is 11.8 Å². The third kappa shape index (κ3) is 5.58. The lowest BCUT2D eigenvalue weighted by Gasteiger charge is -2.12. The molecule has 26 heavy (non-hydrogen) atoms. The first-order valence-corrected chi connectivity index (χ1v) is 9.25. The van der Waals surface area contributed by atoms with Crippen LogP contribution in [0.15, 0.2) is 36.4 Å². The minimum Gasteiger partial charge on any atom is -0.462 e. The van der Waals surface area contributed by atoms with E-state index in [9.17, 15) is 9.59 Å². The zero-order valence-corrected chi connectivity index (χ0v) is 16.1. The second-order valence-electron chi connectivity index (χ2n) is 7.38. The SMILES string of the molecule is CC(C)CCOC(=O)c1cc2ccccc2cc1C(=O)OCCC(C)C. The molecule has 0 aliphatic rings. The molecule has 0 N–H and O–H groups in total. The van der Waals surface area contributed by atoms with Crippen LogP contribution in [0.3, 0.4) is 0 Å². The second kappa shape index (κ2) is 9.37. The van der Waals surface area contributed by atoms with Gasteiger partial charge in [0.1, 0.15) is 0 Å². The fraction of sp³-hybridized carbons (Fsp3) is 0.455. The molecule has 0 atom stereocenters. The molecule has 0 amide bonds. The van der Waals surface area contributed by atoms with Gasteiger partial charge in [0.25, 0.3) is 0 Å². The molecule has 0 aliphatic carbocycles. The van der Waals surface area contributed by atoms with Crippen LogP contribution in [0.5, 0.6) is 0 Å². The van der Waals surface area contributed by atoms with Gasteiger partial charge >= 0.3 is 11.9 Å². The third-order valence-electron chi connectivity index (χ3n) is 4.18. The summed E-state index contributed by atoms with van der Waals surface area (Å²) in [5.41, 5.74) is 0.531. The van der Waals surface area contributed by atoms with E-state index in [0.29, 0.717) is 25.0 Å². The Bertz CT molecular complexity index is 697. The first kappa shape index (κ1) is 20.0. The molecule has 0 aromatic heterocycles. The van der Waals surface area contributed by atoms with Gasteiger partial charge in [0.05, 0.1) is 24.3 Å². The van der Waals surface area contributed by atoms with Crippen molar-refractivity contribution in [3.8, 4) is 0 Å². The Morgan fingerprint density at radius 3 is 1.50 bits per heavy atom. The summed E-state index contributed by atoms with van der Waals surface area (Å²) < 4.78 is 10.7. The summed E-state index contributed by atoms with van der Waals surface area (Å²) in [7, 11) is 0. The van der Waals surface area contributed by atoms with Gasteiger partial charge in [0.15, 0.2) is 0 Å². The lowest BCUT2D eigenvalue weighted by molar-refractivity contribution is 0.0441. The lowest BCUT2D eigenvalue weighted by Crippen LogP contribution is -2.16. The standard InChI is InChI=1S/C22H28O4/c1-15(2)9-11-25-21(23)19-13-17-7-5-6-8-18(17)14-20(19)22(24)26-12-10-16(3)4/h5-8,13-16H,9-12H2,1-4H3. The lowest BCUT2D eigenvalue weighted by atomic mass is 10.0. The van der Waals surface area contributed by atoms with Crippen molar-refractivity contribution in [1.82, 2.24) is 0 Å². The van der Waals surface area contributed by atoms with E-state index in [0.717, 1.165) is 23.6 Å². The van der Waals surface area contributed by atoms with Crippen LogP contribution in [0.4, 0.5) is 0 Å². The number of hydrogen-bond acceptors (Lipinski definition) is 4. The third-order valence-corrected chi connectivity index (χ3v) is 4.18. The molecule has 0 aliphatic heterocycles. The smallest absolute Gasteiger partial charge is 0.339 e. The molecule has 2 rings (SSSR count). The molecule has 140 valence electrons. The molecule has 0 heterocycles. The number of fused-ring (bicyclic) bond motifs is 1. The summed E-state index contributed by atoms with van der Waals surface area (Å²) in [6.07, 6.45) is 1.57. The second-order valence-corrected chi connectivity index (χ2v) is 7.38. The van der Waals surface area contributed by atoms with Crippen LogP contribution in [-0.4, -0.2) is 25.2 Å². The maximum absolute atomic E-state index is 12.5. The van der Waals surface area contributed by atoms with Crippen LogP contribution in [0.25, 0.3) is 10.8 Å². The Hall–Kier alpha value is -2.36. The van der Waals surface area contributed by atoms with E-state index in [1.54, 1.807) is 12.1 Å². The highest BCUT2D eigenvalue weighted by Crippen LogP contribution is 2.22. The molecule has 4 heteroatoms. The number of rotatable bonds is 8. The molecule has 0 saturated heterocycles. The molecule has 0 bridgehead atoms. The zero-order chi connectivity index (χ0) is 19.1. The summed E-state index contributed by atoms with van der Waals surface area (Å²) in [5, 5.41) is 1.78. The molecule has 0 radical (unpaired) electrons. The maximum atomic E-state index is 12.5. The predicted molar refractivity (Wildman–Crippen MR) is 103 cm³/mol. The molecule has 0 fully saturated rings. The number of carbonyl (C=O) groups is 2. The van der Waals surface area contributed by atoms with Gasteiger partial charge in [-0.1, -0.05) is 52.0 Å². The fourth-order valence-corrected chi connectivity index (χ4v) is 2.51. The summed E-state index contributed by atoms with van der Waals surface area (Å²) in [5.74, 6) is -0.0702. The number of ether oxygens (including phenoxy) is 2. The Kier molecular flexibility index (Phi) is 7.19. The fourth-order valence-electron chi connectivity index (χ4n) is 2.51. The average Bonchev–Trinajstić information content (AvgIpc) is 2.59. The highest BCUT2D eigenvalue weighted by molar-refractivity contribution is 6.07. The van der Waals surface area contributed by atoms with Crippen molar-refractivity contribution >= 4 is 22.7 Å². The molecular weight excluding hydrogens is 328 g/mol. The number of hydrogen-bond donors (Lipinski definition) is 0. The van der Waals surface area contributed by atoms with E-state index in [1.165, 1.54) is 0 Å². The van der Waals surface area contributed by atoms with E-state index in [1.807, 2.05) is 24.3 Å². The van der Waals surface area contributed by atoms with Crippen molar-refractivity contribution in [2.75, 3.05) is 13.2 Å². The first-order chi connectivity index (χ1) is 12.4. The van der Waals surface area contributed by atoms with E-state index in [2.05, 4.69) is 27.7 Å². The highest BCUT2D eigenvalue weighted by Gasteiger charge is 2.21. The highest BCUT2D eigenvalue weighted by atomic mass is 16.5.